The molecule has 2 N–H and O–H groups in total. The molecule has 0 aliphatic heterocycles. The molecule has 0 bridgehead atoms. The quantitative estimate of drug-likeness (QED) is 0.582. The summed E-state index contributed by atoms with van der Waals surface area (Å²) in [5.41, 5.74) is 1.06. The molecule has 2 aromatic rings. The molecule has 0 atom stereocenters. The molecule has 0 spiro atoms. The summed E-state index contributed by atoms with van der Waals surface area (Å²) in [4.78, 5) is 49.4. The monoisotopic (exact) mass is 478 g/mol. The lowest BCUT2D eigenvalue weighted by atomic mass is 9.82. The third-order valence-corrected chi connectivity index (χ3v) is 5.16. The first kappa shape index (κ1) is 18.5. The molecular weight excluding hydrogens is 468 g/mol. The maximum absolute atomic E-state index is 13.2. The number of rotatable bonds is 2. The van der Waals surface area contributed by atoms with Gasteiger partial charge in [0.1, 0.15) is 0 Å². The average molecular weight is 480 g/mol. The largest absolute Gasteiger partial charge is 0.326 e. The molecule has 0 unspecified atom stereocenters. The Labute approximate surface area is 165 Å². The predicted octanol–water partition coefficient (Wildman–Crippen LogP) is 3.90. The highest BCUT2D eigenvalue weighted by Gasteiger charge is 2.37. The Bertz CT molecular complexity index is 933. The van der Waals surface area contributed by atoms with Crippen molar-refractivity contribution >= 4 is 66.6 Å². The van der Waals surface area contributed by atoms with E-state index in [1.165, 1.54) is 13.8 Å². The number of hydrogen-bond acceptors (Lipinski definition) is 4. The SMILES string of the molecule is CC(=O)Nc1ccc(Br)c2c1C(=O)c1c(Br)ccc(NC(C)=O)c1C2=O. The zero-order valence-electron chi connectivity index (χ0n) is 13.7. The first-order valence-corrected chi connectivity index (χ1v) is 9.10. The minimum absolute atomic E-state index is 0.118. The van der Waals surface area contributed by atoms with Crippen LogP contribution in [0.3, 0.4) is 0 Å². The fraction of sp³-hybridized carbons (Fsp3) is 0.111. The number of anilines is 2. The number of hydrogen-bond donors (Lipinski definition) is 2. The van der Waals surface area contributed by atoms with Gasteiger partial charge in [0.25, 0.3) is 0 Å². The molecule has 0 saturated carbocycles. The topological polar surface area (TPSA) is 92.3 Å². The molecule has 0 saturated heterocycles. The van der Waals surface area contributed by atoms with Crippen LogP contribution in [0, 0.1) is 0 Å². The Hall–Kier alpha value is -2.32. The first-order valence-electron chi connectivity index (χ1n) is 7.52. The normalized spacial score (nSPS) is 12.3. The Kier molecular flexibility index (Phi) is 4.81. The first-order chi connectivity index (χ1) is 12.2. The standard InChI is InChI=1S/C18H12Br2N2O4/c1-7(23)21-11-5-3-9(19)13-15(11)17(25)14-10(20)4-6-12(22-8(2)24)16(14)18(13)26/h3-6H,1-2H3,(H,21,23)(H,22,24). The van der Waals surface area contributed by atoms with Gasteiger partial charge in [-0.15, -0.1) is 0 Å². The van der Waals surface area contributed by atoms with Crippen LogP contribution in [-0.4, -0.2) is 23.4 Å². The molecule has 132 valence electrons. The zero-order chi connectivity index (χ0) is 19.2. The van der Waals surface area contributed by atoms with E-state index in [4.69, 9.17) is 0 Å². The van der Waals surface area contributed by atoms with E-state index >= 15 is 0 Å². The molecule has 0 heterocycles. The molecule has 8 heteroatoms. The second kappa shape index (κ2) is 6.77. The van der Waals surface area contributed by atoms with Crippen LogP contribution < -0.4 is 10.6 Å². The van der Waals surface area contributed by atoms with Crippen LogP contribution in [-0.2, 0) is 9.59 Å². The minimum Gasteiger partial charge on any atom is -0.326 e. The molecule has 1 aliphatic rings. The molecule has 0 radical (unpaired) electrons. The molecule has 3 rings (SSSR count). The van der Waals surface area contributed by atoms with E-state index in [0.717, 1.165) is 0 Å². The van der Waals surface area contributed by atoms with E-state index in [9.17, 15) is 19.2 Å². The van der Waals surface area contributed by atoms with Crippen molar-refractivity contribution in [3.63, 3.8) is 0 Å². The van der Waals surface area contributed by atoms with Crippen LogP contribution in [0.25, 0.3) is 0 Å². The van der Waals surface area contributed by atoms with Gasteiger partial charge < -0.3 is 10.6 Å². The fourth-order valence-electron chi connectivity index (χ4n) is 2.91. The third kappa shape index (κ3) is 2.99. The number of amides is 2. The molecule has 6 nitrogen and oxygen atoms in total. The van der Waals surface area contributed by atoms with E-state index in [0.29, 0.717) is 8.95 Å². The van der Waals surface area contributed by atoms with E-state index in [1.807, 2.05) is 0 Å². The summed E-state index contributed by atoms with van der Waals surface area (Å²) in [6, 6.07) is 6.31. The van der Waals surface area contributed by atoms with E-state index < -0.39 is 11.6 Å². The summed E-state index contributed by atoms with van der Waals surface area (Å²) in [6.45, 7) is 2.64. The van der Waals surface area contributed by atoms with Gasteiger partial charge in [0.2, 0.25) is 11.8 Å². The Morgan fingerprint density at radius 3 is 1.35 bits per heavy atom. The lowest BCUT2D eigenvalue weighted by Crippen LogP contribution is -2.26. The summed E-state index contributed by atoms with van der Waals surface area (Å²) in [6.07, 6.45) is 0. The van der Waals surface area contributed by atoms with Crippen molar-refractivity contribution < 1.29 is 19.2 Å². The fourth-order valence-corrected chi connectivity index (χ4v) is 3.93. The Morgan fingerprint density at radius 2 is 1.04 bits per heavy atom. The van der Waals surface area contributed by atoms with Gasteiger partial charge in [-0.05, 0) is 24.3 Å². The third-order valence-electron chi connectivity index (χ3n) is 3.84. The summed E-state index contributed by atoms with van der Waals surface area (Å²) in [5.74, 6) is -1.55. The van der Waals surface area contributed by atoms with E-state index in [2.05, 4.69) is 42.5 Å². The van der Waals surface area contributed by atoms with Crippen molar-refractivity contribution in [2.45, 2.75) is 13.8 Å². The molecular formula is C18H12Br2N2O4. The molecule has 1 aliphatic carbocycles. The van der Waals surface area contributed by atoms with Crippen LogP contribution >= 0.6 is 31.9 Å². The smallest absolute Gasteiger partial charge is 0.221 e. The number of ketones is 2. The number of nitrogens with one attached hydrogen (secondary N) is 2. The predicted molar refractivity (Wildman–Crippen MR) is 104 cm³/mol. The van der Waals surface area contributed by atoms with Crippen LogP contribution in [0.15, 0.2) is 33.2 Å². The highest BCUT2D eigenvalue weighted by Crippen LogP contribution is 2.41. The van der Waals surface area contributed by atoms with Gasteiger partial charge in [-0.25, -0.2) is 0 Å². The lowest BCUT2D eigenvalue weighted by Gasteiger charge is -2.24. The molecule has 0 fully saturated rings. The van der Waals surface area contributed by atoms with E-state index in [1.54, 1.807) is 24.3 Å². The second-order valence-corrected chi connectivity index (χ2v) is 7.42. The van der Waals surface area contributed by atoms with E-state index in [-0.39, 0.29) is 45.4 Å². The highest BCUT2D eigenvalue weighted by molar-refractivity contribution is 9.10. The van der Waals surface area contributed by atoms with Crippen LogP contribution in [0.1, 0.15) is 45.7 Å². The van der Waals surface area contributed by atoms with Gasteiger partial charge in [-0.2, -0.15) is 0 Å². The highest BCUT2D eigenvalue weighted by atomic mass is 79.9. The average Bonchev–Trinajstić information content (AvgIpc) is 2.54. The number of carbonyl (C=O) groups is 4. The molecule has 2 aromatic carbocycles. The van der Waals surface area contributed by atoms with Gasteiger partial charge in [-0.1, -0.05) is 31.9 Å². The van der Waals surface area contributed by atoms with Crippen LogP contribution in [0.2, 0.25) is 0 Å². The van der Waals surface area contributed by atoms with Crippen LogP contribution in [0.5, 0.6) is 0 Å². The Morgan fingerprint density at radius 1 is 0.692 bits per heavy atom. The van der Waals surface area contributed by atoms with Crippen molar-refractivity contribution in [1.82, 2.24) is 0 Å². The maximum Gasteiger partial charge on any atom is 0.221 e. The summed E-state index contributed by atoms with van der Waals surface area (Å²) < 4.78 is 0.860. The number of carbonyl (C=O) groups excluding carboxylic acids is 4. The Balaban J connectivity index is 2.33. The molecule has 0 aromatic heterocycles. The van der Waals surface area contributed by atoms with Gasteiger partial charge in [0, 0.05) is 22.8 Å². The van der Waals surface area contributed by atoms with Gasteiger partial charge in [0.15, 0.2) is 11.6 Å². The van der Waals surface area contributed by atoms with Crippen molar-refractivity contribution in [3.8, 4) is 0 Å². The number of halogens is 2. The van der Waals surface area contributed by atoms with Gasteiger partial charge >= 0.3 is 0 Å². The lowest BCUT2D eigenvalue weighted by molar-refractivity contribution is -0.115. The minimum atomic E-state index is -0.418. The van der Waals surface area contributed by atoms with Crippen molar-refractivity contribution in [2.24, 2.45) is 0 Å². The van der Waals surface area contributed by atoms with Gasteiger partial charge in [0.05, 0.1) is 33.6 Å². The number of benzene rings is 2. The number of fused-ring (bicyclic) bond motifs is 2. The zero-order valence-corrected chi connectivity index (χ0v) is 16.9. The summed E-state index contributed by atoms with van der Waals surface area (Å²) >= 11 is 6.62. The van der Waals surface area contributed by atoms with Crippen molar-refractivity contribution in [3.05, 3.63) is 55.5 Å². The van der Waals surface area contributed by atoms with Crippen LogP contribution in [0.4, 0.5) is 11.4 Å². The van der Waals surface area contributed by atoms with Gasteiger partial charge in [-0.3, -0.25) is 19.2 Å². The van der Waals surface area contributed by atoms with Crippen molar-refractivity contribution in [1.29, 1.82) is 0 Å². The summed E-state index contributed by atoms with van der Waals surface area (Å²) in [5, 5.41) is 5.18. The molecule has 26 heavy (non-hydrogen) atoms. The van der Waals surface area contributed by atoms with Crippen molar-refractivity contribution in [2.75, 3.05) is 10.6 Å². The molecule has 2 amide bonds. The maximum atomic E-state index is 13.2. The summed E-state index contributed by atoms with van der Waals surface area (Å²) in [7, 11) is 0. The second-order valence-electron chi connectivity index (χ2n) is 5.71.